The molecule has 2 N–H and O–H groups in total. The van der Waals surface area contributed by atoms with Crippen molar-refractivity contribution in [2.24, 2.45) is 0 Å². The molecule has 0 spiro atoms. The summed E-state index contributed by atoms with van der Waals surface area (Å²) in [7, 11) is 0. The molecule has 1 aromatic heterocycles. The number of carboxylic acid groups (broad SMARTS) is 1. The Morgan fingerprint density at radius 1 is 1.42 bits per heavy atom. The van der Waals surface area contributed by atoms with Crippen LogP contribution in [-0.2, 0) is 0 Å². The number of carbonyl (C=O) groups is 1. The summed E-state index contributed by atoms with van der Waals surface area (Å²) in [5, 5.41) is 22.1. The highest BCUT2D eigenvalue weighted by atomic mass is 16.5. The molecule has 2 rings (SSSR count). The Balaban J connectivity index is 2.50. The highest BCUT2D eigenvalue weighted by Crippen LogP contribution is 2.38. The molecule has 0 aliphatic carbocycles. The van der Waals surface area contributed by atoms with Crippen LogP contribution in [-0.4, -0.2) is 27.4 Å². The molecule has 0 bridgehead atoms. The van der Waals surface area contributed by atoms with Crippen molar-refractivity contribution in [3.63, 3.8) is 0 Å². The van der Waals surface area contributed by atoms with E-state index in [9.17, 15) is 9.90 Å². The average molecular weight is 263 g/mol. The molecule has 100 valence electrons. The number of phenols is 1. The minimum Gasteiger partial charge on any atom is -0.507 e. The van der Waals surface area contributed by atoms with Crippen LogP contribution < -0.4 is 4.74 Å². The molecule has 2 aromatic rings. The van der Waals surface area contributed by atoms with Gasteiger partial charge in [-0.1, -0.05) is 11.2 Å². The highest BCUT2D eigenvalue weighted by Gasteiger charge is 2.19. The van der Waals surface area contributed by atoms with Crippen LogP contribution in [0.2, 0.25) is 0 Å². The predicted octanol–water partition coefficient (Wildman–Crippen LogP) is 2.53. The zero-order valence-corrected chi connectivity index (χ0v) is 10.5. The SMILES string of the molecule is CC(C)Oc1cccc(O)c1-c1cc(C(=O)O)no1. The fourth-order valence-corrected chi connectivity index (χ4v) is 1.61. The molecular formula is C13H13NO5. The first-order valence-electron chi connectivity index (χ1n) is 5.68. The van der Waals surface area contributed by atoms with Crippen molar-refractivity contribution in [1.82, 2.24) is 5.16 Å². The van der Waals surface area contributed by atoms with E-state index in [1.165, 1.54) is 12.1 Å². The van der Waals surface area contributed by atoms with Crippen LogP contribution in [0.5, 0.6) is 11.5 Å². The number of carboxylic acids is 1. The Morgan fingerprint density at radius 2 is 2.16 bits per heavy atom. The van der Waals surface area contributed by atoms with Crippen molar-refractivity contribution >= 4 is 5.97 Å². The van der Waals surface area contributed by atoms with Crippen LogP contribution in [0.1, 0.15) is 24.3 Å². The van der Waals surface area contributed by atoms with Gasteiger partial charge in [0.1, 0.15) is 17.1 Å². The summed E-state index contributed by atoms with van der Waals surface area (Å²) >= 11 is 0. The lowest BCUT2D eigenvalue weighted by molar-refractivity contribution is 0.0686. The number of benzene rings is 1. The molecule has 0 aliphatic heterocycles. The topological polar surface area (TPSA) is 92.8 Å². The molecule has 0 aliphatic rings. The largest absolute Gasteiger partial charge is 0.507 e. The fourth-order valence-electron chi connectivity index (χ4n) is 1.61. The van der Waals surface area contributed by atoms with E-state index in [2.05, 4.69) is 5.16 Å². The van der Waals surface area contributed by atoms with Crippen LogP contribution in [0.25, 0.3) is 11.3 Å². The normalized spacial score (nSPS) is 10.7. The number of aromatic carboxylic acids is 1. The standard InChI is InChI=1S/C13H13NO5/c1-7(2)18-10-5-3-4-9(15)12(10)11-6-8(13(16)17)14-19-11/h3-7,15H,1-2H3,(H,16,17). The van der Waals surface area contributed by atoms with Crippen molar-refractivity contribution in [2.75, 3.05) is 0 Å². The van der Waals surface area contributed by atoms with Gasteiger partial charge in [0.15, 0.2) is 11.5 Å². The van der Waals surface area contributed by atoms with Crippen molar-refractivity contribution in [3.05, 3.63) is 30.0 Å². The molecule has 0 radical (unpaired) electrons. The molecule has 6 nitrogen and oxygen atoms in total. The molecule has 19 heavy (non-hydrogen) atoms. The lowest BCUT2D eigenvalue weighted by Gasteiger charge is -2.13. The fraction of sp³-hybridized carbons (Fsp3) is 0.231. The molecule has 0 atom stereocenters. The number of hydrogen-bond acceptors (Lipinski definition) is 5. The Kier molecular flexibility index (Phi) is 3.41. The summed E-state index contributed by atoms with van der Waals surface area (Å²) in [6, 6.07) is 6.00. The Bertz CT molecular complexity index is 603. The van der Waals surface area contributed by atoms with E-state index in [1.54, 1.807) is 12.1 Å². The molecule has 0 fully saturated rings. The second-order valence-electron chi connectivity index (χ2n) is 4.20. The zero-order chi connectivity index (χ0) is 14.0. The van der Waals surface area contributed by atoms with Gasteiger partial charge in [-0.25, -0.2) is 4.79 Å². The Labute approximate surface area is 109 Å². The van der Waals surface area contributed by atoms with Crippen molar-refractivity contribution < 1.29 is 24.3 Å². The van der Waals surface area contributed by atoms with Crippen LogP contribution in [0, 0.1) is 0 Å². The van der Waals surface area contributed by atoms with E-state index in [1.807, 2.05) is 13.8 Å². The van der Waals surface area contributed by atoms with E-state index in [-0.39, 0.29) is 28.9 Å². The van der Waals surface area contributed by atoms with Crippen LogP contribution in [0.4, 0.5) is 0 Å². The molecule has 0 amide bonds. The first kappa shape index (κ1) is 12.9. The van der Waals surface area contributed by atoms with E-state index < -0.39 is 5.97 Å². The molecular weight excluding hydrogens is 250 g/mol. The van der Waals surface area contributed by atoms with E-state index in [0.29, 0.717) is 5.75 Å². The average Bonchev–Trinajstić information content (AvgIpc) is 2.77. The van der Waals surface area contributed by atoms with Gasteiger partial charge in [-0.3, -0.25) is 0 Å². The Morgan fingerprint density at radius 3 is 2.74 bits per heavy atom. The summed E-state index contributed by atoms with van der Waals surface area (Å²) in [5.74, 6) is -0.711. The van der Waals surface area contributed by atoms with Crippen molar-refractivity contribution in [3.8, 4) is 22.8 Å². The number of aromatic nitrogens is 1. The third-order valence-corrected chi connectivity index (χ3v) is 2.34. The second kappa shape index (κ2) is 5.01. The molecule has 1 heterocycles. The van der Waals surface area contributed by atoms with Crippen molar-refractivity contribution in [1.29, 1.82) is 0 Å². The van der Waals surface area contributed by atoms with Gasteiger partial charge in [-0.15, -0.1) is 0 Å². The van der Waals surface area contributed by atoms with E-state index in [4.69, 9.17) is 14.4 Å². The number of hydrogen-bond donors (Lipinski definition) is 2. The van der Waals surface area contributed by atoms with Crippen molar-refractivity contribution in [2.45, 2.75) is 20.0 Å². The first-order valence-corrected chi connectivity index (χ1v) is 5.68. The maximum absolute atomic E-state index is 10.8. The van der Waals surface area contributed by atoms with Gasteiger partial charge in [0, 0.05) is 6.07 Å². The van der Waals surface area contributed by atoms with Gasteiger partial charge in [-0.05, 0) is 26.0 Å². The maximum atomic E-state index is 10.8. The predicted molar refractivity (Wildman–Crippen MR) is 66.3 cm³/mol. The smallest absolute Gasteiger partial charge is 0.358 e. The minimum atomic E-state index is -1.20. The van der Waals surface area contributed by atoms with Gasteiger partial charge in [0.05, 0.1) is 6.10 Å². The third-order valence-electron chi connectivity index (χ3n) is 2.34. The highest BCUT2D eigenvalue weighted by molar-refractivity contribution is 5.87. The number of aromatic hydroxyl groups is 1. The second-order valence-corrected chi connectivity index (χ2v) is 4.20. The summed E-state index contributed by atoms with van der Waals surface area (Å²) < 4.78 is 10.5. The van der Waals surface area contributed by atoms with Crippen LogP contribution in [0.15, 0.2) is 28.8 Å². The van der Waals surface area contributed by atoms with Gasteiger partial charge in [0.2, 0.25) is 0 Å². The maximum Gasteiger partial charge on any atom is 0.358 e. The molecule has 0 unspecified atom stereocenters. The van der Waals surface area contributed by atoms with Gasteiger partial charge in [0.25, 0.3) is 0 Å². The molecule has 6 heteroatoms. The number of rotatable bonds is 4. The monoisotopic (exact) mass is 263 g/mol. The summed E-state index contributed by atoms with van der Waals surface area (Å²) in [5.41, 5.74) is 0.0601. The first-order chi connectivity index (χ1) is 8.99. The van der Waals surface area contributed by atoms with Crippen LogP contribution in [0.3, 0.4) is 0 Å². The molecule has 0 saturated heterocycles. The lowest BCUT2D eigenvalue weighted by Crippen LogP contribution is -2.06. The molecule has 1 aromatic carbocycles. The zero-order valence-electron chi connectivity index (χ0n) is 10.5. The summed E-state index contributed by atoms with van der Waals surface area (Å²) in [6.07, 6.45) is -0.0950. The summed E-state index contributed by atoms with van der Waals surface area (Å²) in [6.45, 7) is 3.69. The van der Waals surface area contributed by atoms with Gasteiger partial charge < -0.3 is 19.5 Å². The molecule has 0 saturated carbocycles. The Hall–Kier alpha value is -2.50. The number of nitrogens with zero attached hydrogens (tertiary/aromatic N) is 1. The number of phenolic OH excluding ortho intramolecular Hbond substituents is 1. The lowest BCUT2D eigenvalue weighted by atomic mass is 10.1. The van der Waals surface area contributed by atoms with Gasteiger partial charge in [-0.2, -0.15) is 0 Å². The van der Waals surface area contributed by atoms with E-state index in [0.717, 1.165) is 0 Å². The third kappa shape index (κ3) is 2.67. The minimum absolute atomic E-state index is 0.0637. The number of ether oxygens (including phenoxy) is 1. The van der Waals surface area contributed by atoms with Crippen LogP contribution >= 0.6 is 0 Å². The van der Waals surface area contributed by atoms with Gasteiger partial charge >= 0.3 is 5.97 Å². The summed E-state index contributed by atoms with van der Waals surface area (Å²) in [4.78, 5) is 10.8. The van der Waals surface area contributed by atoms with E-state index >= 15 is 0 Å². The quantitative estimate of drug-likeness (QED) is 0.880.